The van der Waals surface area contributed by atoms with E-state index in [-0.39, 0.29) is 0 Å². The topological polar surface area (TPSA) is 13.1 Å². The Morgan fingerprint density at radius 3 is 2.56 bits per heavy atom. The maximum Gasteiger partial charge on any atom is 0.212 e. The minimum absolute atomic E-state index is 0.903. The summed E-state index contributed by atoms with van der Waals surface area (Å²) in [5.74, 6) is 0.903. The van der Waals surface area contributed by atoms with E-state index in [0.29, 0.717) is 0 Å². The monoisotopic (exact) mass is 214 g/mol. The largest absolute Gasteiger partial charge is 0.497 e. The summed E-state index contributed by atoms with van der Waals surface area (Å²) >= 11 is 0. The molecule has 1 aromatic carbocycles. The van der Waals surface area contributed by atoms with Crippen molar-refractivity contribution >= 4 is 0 Å². The Morgan fingerprint density at radius 1 is 1.12 bits per heavy atom. The van der Waals surface area contributed by atoms with Gasteiger partial charge in [0.1, 0.15) is 12.8 Å². The summed E-state index contributed by atoms with van der Waals surface area (Å²) in [5, 5.41) is 0. The molecule has 0 radical (unpaired) electrons. The quantitative estimate of drug-likeness (QED) is 0.700. The molecule has 0 amide bonds. The third-order valence-corrected chi connectivity index (χ3v) is 2.76. The van der Waals surface area contributed by atoms with Gasteiger partial charge in [0.05, 0.1) is 7.11 Å². The highest BCUT2D eigenvalue weighted by atomic mass is 16.5. The van der Waals surface area contributed by atoms with Crippen LogP contribution >= 0.6 is 0 Å². The Bertz CT molecular complexity index is 506. The normalized spacial score (nSPS) is 10.2. The number of rotatable bonds is 2. The molecule has 0 spiro atoms. The van der Waals surface area contributed by atoms with Gasteiger partial charge in [-0.3, -0.25) is 0 Å². The average Bonchev–Trinajstić information content (AvgIpc) is 2.30. The molecule has 0 aliphatic rings. The molecule has 0 fully saturated rings. The van der Waals surface area contributed by atoms with Crippen LogP contribution in [0.1, 0.15) is 5.56 Å². The smallest absolute Gasteiger partial charge is 0.212 e. The van der Waals surface area contributed by atoms with Crippen LogP contribution in [0.2, 0.25) is 0 Å². The highest BCUT2D eigenvalue weighted by Gasteiger charge is 2.11. The Hall–Kier alpha value is -1.83. The number of nitrogens with zero attached hydrogens (tertiary/aromatic N) is 1. The zero-order chi connectivity index (χ0) is 11.5. The van der Waals surface area contributed by atoms with Crippen LogP contribution < -0.4 is 9.30 Å². The van der Waals surface area contributed by atoms with Crippen LogP contribution in [-0.2, 0) is 7.05 Å². The number of benzene rings is 1. The van der Waals surface area contributed by atoms with Crippen molar-refractivity contribution in [1.82, 2.24) is 0 Å². The van der Waals surface area contributed by atoms with Crippen LogP contribution in [0.3, 0.4) is 0 Å². The predicted octanol–water partition coefficient (Wildman–Crippen LogP) is 2.50. The Labute approximate surface area is 96.1 Å². The summed E-state index contributed by atoms with van der Waals surface area (Å²) in [6.45, 7) is 2.10. The second-order valence-electron chi connectivity index (χ2n) is 3.88. The molecule has 0 saturated heterocycles. The summed E-state index contributed by atoms with van der Waals surface area (Å²) in [6, 6.07) is 12.4. The fourth-order valence-corrected chi connectivity index (χ4v) is 1.85. The summed E-state index contributed by atoms with van der Waals surface area (Å²) in [7, 11) is 3.75. The third kappa shape index (κ3) is 1.91. The van der Waals surface area contributed by atoms with Gasteiger partial charge in [-0.15, -0.1) is 0 Å². The number of hydrogen-bond acceptors (Lipinski definition) is 1. The average molecular weight is 214 g/mol. The van der Waals surface area contributed by atoms with Gasteiger partial charge in [0.15, 0.2) is 6.20 Å². The van der Waals surface area contributed by atoms with Gasteiger partial charge in [0.25, 0.3) is 0 Å². The van der Waals surface area contributed by atoms with Crippen molar-refractivity contribution < 1.29 is 9.30 Å². The zero-order valence-corrected chi connectivity index (χ0v) is 9.90. The Kier molecular flexibility index (Phi) is 2.91. The van der Waals surface area contributed by atoms with Gasteiger partial charge in [-0.1, -0.05) is 0 Å². The molecule has 2 rings (SSSR count). The maximum atomic E-state index is 5.21. The van der Waals surface area contributed by atoms with E-state index in [0.717, 1.165) is 5.75 Å². The zero-order valence-electron chi connectivity index (χ0n) is 9.90. The molecular weight excluding hydrogens is 198 g/mol. The van der Waals surface area contributed by atoms with E-state index in [2.05, 4.69) is 49.0 Å². The van der Waals surface area contributed by atoms with Gasteiger partial charge < -0.3 is 4.74 Å². The second-order valence-corrected chi connectivity index (χ2v) is 3.88. The number of aryl methyl sites for hydroxylation is 2. The lowest BCUT2D eigenvalue weighted by Crippen LogP contribution is -2.30. The molecule has 1 heterocycles. The molecule has 0 aliphatic heterocycles. The van der Waals surface area contributed by atoms with Crippen LogP contribution in [0.25, 0.3) is 11.3 Å². The van der Waals surface area contributed by atoms with Gasteiger partial charge in [-0.05, 0) is 36.8 Å². The van der Waals surface area contributed by atoms with E-state index >= 15 is 0 Å². The van der Waals surface area contributed by atoms with Gasteiger partial charge in [0.2, 0.25) is 5.69 Å². The van der Waals surface area contributed by atoms with Crippen molar-refractivity contribution in [1.29, 1.82) is 0 Å². The molecule has 16 heavy (non-hydrogen) atoms. The van der Waals surface area contributed by atoms with Crippen molar-refractivity contribution in [3.8, 4) is 17.0 Å². The summed E-state index contributed by atoms with van der Waals surface area (Å²) in [4.78, 5) is 0. The number of aromatic nitrogens is 1. The minimum atomic E-state index is 0.903. The van der Waals surface area contributed by atoms with Crippen molar-refractivity contribution in [3.05, 3.63) is 48.2 Å². The summed E-state index contributed by atoms with van der Waals surface area (Å²) in [5.41, 5.74) is 3.67. The van der Waals surface area contributed by atoms with Crippen molar-refractivity contribution in [2.45, 2.75) is 6.92 Å². The first-order chi connectivity index (χ1) is 7.72. The van der Waals surface area contributed by atoms with Crippen LogP contribution in [0.4, 0.5) is 0 Å². The lowest BCUT2D eigenvalue weighted by molar-refractivity contribution is -0.660. The van der Waals surface area contributed by atoms with Gasteiger partial charge in [0, 0.05) is 17.7 Å². The van der Waals surface area contributed by atoms with E-state index in [1.165, 1.54) is 16.8 Å². The van der Waals surface area contributed by atoms with E-state index in [9.17, 15) is 0 Å². The SMILES string of the molecule is COc1ccc(-c2cccc[n+]2C)c(C)c1. The number of ether oxygens (including phenoxy) is 1. The lowest BCUT2D eigenvalue weighted by Gasteiger charge is -2.06. The molecule has 1 aromatic heterocycles. The van der Waals surface area contributed by atoms with Crippen LogP contribution in [0.15, 0.2) is 42.6 Å². The van der Waals surface area contributed by atoms with Crippen molar-refractivity contribution in [2.24, 2.45) is 7.05 Å². The van der Waals surface area contributed by atoms with Gasteiger partial charge in [-0.2, -0.15) is 0 Å². The van der Waals surface area contributed by atoms with Gasteiger partial charge in [-0.25, -0.2) is 4.57 Å². The molecule has 0 saturated carbocycles. The first kappa shape index (κ1) is 10.7. The molecule has 0 N–H and O–H groups in total. The molecule has 82 valence electrons. The highest BCUT2D eigenvalue weighted by molar-refractivity contribution is 5.62. The molecule has 0 aliphatic carbocycles. The number of hydrogen-bond donors (Lipinski definition) is 0. The highest BCUT2D eigenvalue weighted by Crippen LogP contribution is 2.24. The van der Waals surface area contributed by atoms with Crippen LogP contribution in [0.5, 0.6) is 5.75 Å². The van der Waals surface area contributed by atoms with E-state index in [1.807, 2.05) is 12.1 Å². The van der Waals surface area contributed by atoms with Crippen molar-refractivity contribution in [3.63, 3.8) is 0 Å². The van der Waals surface area contributed by atoms with Crippen LogP contribution in [0, 0.1) is 6.92 Å². The molecule has 2 aromatic rings. The number of pyridine rings is 1. The lowest BCUT2D eigenvalue weighted by atomic mass is 10.0. The Balaban J connectivity index is 2.53. The van der Waals surface area contributed by atoms with E-state index < -0.39 is 0 Å². The molecule has 0 unspecified atom stereocenters. The molecule has 0 bridgehead atoms. The number of methoxy groups -OCH3 is 1. The standard InChI is InChI=1S/C14H16NO/c1-11-10-12(16-3)7-8-13(11)14-6-4-5-9-15(14)2/h4-10H,1-3H3/q+1. The molecule has 2 nitrogen and oxygen atoms in total. The second kappa shape index (κ2) is 4.35. The van der Waals surface area contributed by atoms with Crippen LogP contribution in [-0.4, -0.2) is 7.11 Å². The first-order valence-corrected chi connectivity index (χ1v) is 5.32. The minimum Gasteiger partial charge on any atom is -0.497 e. The van der Waals surface area contributed by atoms with E-state index in [1.54, 1.807) is 7.11 Å². The third-order valence-electron chi connectivity index (χ3n) is 2.76. The summed E-state index contributed by atoms with van der Waals surface area (Å²) < 4.78 is 7.33. The molecular formula is C14H16NO+. The first-order valence-electron chi connectivity index (χ1n) is 5.32. The van der Waals surface area contributed by atoms with E-state index in [4.69, 9.17) is 4.74 Å². The fraction of sp³-hybridized carbons (Fsp3) is 0.214. The Morgan fingerprint density at radius 2 is 1.94 bits per heavy atom. The predicted molar refractivity (Wildman–Crippen MR) is 64.3 cm³/mol. The van der Waals surface area contributed by atoms with Gasteiger partial charge >= 0.3 is 0 Å². The molecule has 0 atom stereocenters. The fourth-order valence-electron chi connectivity index (χ4n) is 1.85. The summed E-state index contributed by atoms with van der Waals surface area (Å²) in [6.07, 6.45) is 2.05. The molecule has 2 heteroatoms. The van der Waals surface area contributed by atoms with Crippen molar-refractivity contribution in [2.75, 3.05) is 7.11 Å². The maximum absolute atomic E-state index is 5.21.